The van der Waals surface area contributed by atoms with Gasteiger partial charge in [-0.25, -0.2) is 0 Å². The van der Waals surface area contributed by atoms with Crippen molar-refractivity contribution in [1.29, 1.82) is 0 Å². The zero-order chi connectivity index (χ0) is 15.8. The Hall–Kier alpha value is -2.22. The maximum absolute atomic E-state index is 12.5. The number of fused-ring (bicyclic) bond motifs is 1. The second kappa shape index (κ2) is 5.28. The number of carbonyl (C=O) groups excluding carboxylic acids is 1. The van der Waals surface area contributed by atoms with Crippen LogP contribution in [0.25, 0.3) is 0 Å². The zero-order valence-electron chi connectivity index (χ0n) is 12.0. The van der Waals surface area contributed by atoms with E-state index in [0.29, 0.717) is 19.7 Å². The fourth-order valence-corrected chi connectivity index (χ4v) is 2.63. The first-order chi connectivity index (χ1) is 9.86. The number of hydrazone groups is 1. The van der Waals surface area contributed by atoms with E-state index >= 15 is 0 Å². The smallest absolute Gasteiger partial charge is 0.298 e. The lowest BCUT2D eigenvalue weighted by Crippen LogP contribution is -2.42. The minimum absolute atomic E-state index is 0.0507. The lowest BCUT2D eigenvalue weighted by Gasteiger charge is -2.23. The molecule has 0 aromatic heterocycles. The van der Waals surface area contributed by atoms with E-state index < -0.39 is 16.5 Å². The normalized spacial score (nSPS) is 29.7. The fourth-order valence-electron chi connectivity index (χ4n) is 2.63. The quantitative estimate of drug-likeness (QED) is 0.264. The number of hydrogen-bond acceptors (Lipinski definition) is 6. The van der Waals surface area contributed by atoms with Crippen molar-refractivity contribution >= 4 is 11.6 Å². The molecule has 2 fully saturated rings. The summed E-state index contributed by atoms with van der Waals surface area (Å²) in [7, 11) is 0. The average molecular weight is 294 g/mol. The Labute approximate surface area is 122 Å². The lowest BCUT2D eigenvalue weighted by molar-refractivity contribution is -0.415. The molecule has 0 aromatic rings. The third kappa shape index (κ3) is 2.42. The first kappa shape index (κ1) is 15.2. The number of nitro groups is 1. The van der Waals surface area contributed by atoms with Gasteiger partial charge in [-0.2, -0.15) is 5.10 Å². The number of amides is 1. The molecule has 1 heterocycles. The molecule has 1 amide bonds. The lowest BCUT2D eigenvalue weighted by atomic mass is 10.1. The van der Waals surface area contributed by atoms with Crippen LogP contribution in [0.4, 0.5) is 0 Å². The van der Waals surface area contributed by atoms with Crippen LogP contribution in [0.2, 0.25) is 0 Å². The molecule has 2 N–H and O–H groups in total. The van der Waals surface area contributed by atoms with Gasteiger partial charge in [0.2, 0.25) is 5.71 Å². The van der Waals surface area contributed by atoms with Crippen LogP contribution >= 0.6 is 0 Å². The molecule has 0 radical (unpaired) electrons. The molecule has 2 rings (SSSR count). The maximum Gasteiger partial charge on any atom is 0.298 e. The Balaban J connectivity index is 2.22. The van der Waals surface area contributed by atoms with Crippen LogP contribution in [0.3, 0.4) is 0 Å². The summed E-state index contributed by atoms with van der Waals surface area (Å²) in [6, 6.07) is 0. The molecule has 1 aliphatic heterocycles. The molecule has 21 heavy (non-hydrogen) atoms. The van der Waals surface area contributed by atoms with Crippen molar-refractivity contribution in [3.05, 3.63) is 34.0 Å². The van der Waals surface area contributed by atoms with Crippen LogP contribution in [0.5, 0.6) is 0 Å². The molecule has 1 saturated heterocycles. The summed E-state index contributed by atoms with van der Waals surface area (Å²) in [5.41, 5.74) is -0.108. The van der Waals surface area contributed by atoms with Gasteiger partial charge in [-0.15, -0.1) is 0 Å². The summed E-state index contributed by atoms with van der Waals surface area (Å²) >= 11 is 0. The van der Waals surface area contributed by atoms with Gasteiger partial charge in [0.15, 0.2) is 0 Å². The van der Waals surface area contributed by atoms with Crippen molar-refractivity contribution in [3.63, 3.8) is 0 Å². The predicted molar refractivity (Wildman–Crippen MR) is 75.9 cm³/mol. The summed E-state index contributed by atoms with van der Waals surface area (Å²) in [4.78, 5) is 24.3. The average Bonchev–Trinajstić information content (AvgIpc) is 3.01. The molecule has 0 aromatic carbocycles. The van der Waals surface area contributed by atoms with Gasteiger partial charge < -0.3 is 15.5 Å². The van der Waals surface area contributed by atoms with E-state index in [1.165, 1.54) is 17.9 Å². The van der Waals surface area contributed by atoms with Gasteiger partial charge in [0.25, 0.3) is 11.6 Å². The second-order valence-corrected chi connectivity index (χ2v) is 5.33. The molecule has 0 spiro atoms. The van der Waals surface area contributed by atoms with E-state index in [4.69, 9.17) is 10.6 Å². The van der Waals surface area contributed by atoms with Crippen LogP contribution in [0.15, 0.2) is 29.0 Å². The van der Waals surface area contributed by atoms with Gasteiger partial charge in [-0.05, 0) is 18.6 Å². The summed E-state index contributed by atoms with van der Waals surface area (Å²) < 4.78 is 5.61. The van der Waals surface area contributed by atoms with E-state index in [-0.39, 0.29) is 17.2 Å². The topological polar surface area (TPSA) is 111 Å². The monoisotopic (exact) mass is 294 g/mol. The van der Waals surface area contributed by atoms with Gasteiger partial charge in [0, 0.05) is 18.5 Å². The predicted octanol–water partition coefficient (Wildman–Crippen LogP) is 0.285. The second-order valence-electron chi connectivity index (χ2n) is 5.33. The highest BCUT2D eigenvalue weighted by atomic mass is 16.6. The minimum atomic E-state index is -0.668. The highest BCUT2D eigenvalue weighted by Crippen LogP contribution is 2.54. The molecule has 2 atom stereocenters. The number of rotatable bonds is 3. The molecule has 2 unspecified atom stereocenters. The van der Waals surface area contributed by atoms with Crippen molar-refractivity contribution in [2.24, 2.45) is 16.4 Å². The summed E-state index contributed by atoms with van der Waals surface area (Å²) in [5, 5.41) is 14.3. The Bertz CT molecular complexity index is 569. The molecule has 8 heteroatoms. The van der Waals surface area contributed by atoms with Crippen molar-refractivity contribution < 1.29 is 14.5 Å². The minimum Gasteiger partial charge on any atom is -0.371 e. The van der Waals surface area contributed by atoms with Crippen molar-refractivity contribution in [3.8, 4) is 0 Å². The molecular formula is C13H18N4O4. The number of hydrogen-bond donors (Lipinski definition) is 1. The van der Waals surface area contributed by atoms with E-state index in [0.717, 1.165) is 5.57 Å². The van der Waals surface area contributed by atoms with Gasteiger partial charge in [0.05, 0.1) is 17.6 Å². The first-order valence-electron chi connectivity index (χ1n) is 6.56. The first-order valence-corrected chi connectivity index (χ1v) is 6.56. The van der Waals surface area contributed by atoms with Gasteiger partial charge in [-0.1, -0.05) is 13.5 Å². The maximum atomic E-state index is 12.5. The zero-order valence-corrected chi connectivity index (χ0v) is 12.0. The fraction of sp³-hybridized carbons (Fsp3) is 0.538. The molecular weight excluding hydrogens is 276 g/mol. The van der Waals surface area contributed by atoms with Gasteiger partial charge in [0.1, 0.15) is 0 Å². The van der Waals surface area contributed by atoms with Crippen LogP contribution in [-0.2, 0) is 9.53 Å². The molecule has 114 valence electrons. The van der Waals surface area contributed by atoms with Gasteiger partial charge in [-0.3, -0.25) is 14.9 Å². The number of allylic oxidation sites excluding steroid dienone is 1. The Morgan fingerprint density at radius 1 is 1.71 bits per heavy atom. The van der Waals surface area contributed by atoms with E-state index in [9.17, 15) is 14.9 Å². The summed E-state index contributed by atoms with van der Waals surface area (Å²) in [6.45, 7) is 8.42. The Kier molecular flexibility index (Phi) is 3.82. The number of ether oxygens (including phenoxy) is 1. The van der Waals surface area contributed by atoms with Crippen LogP contribution in [-0.4, -0.2) is 47.2 Å². The van der Waals surface area contributed by atoms with E-state index in [1.807, 2.05) is 6.92 Å². The SMILES string of the molecule is C=C1C2OCCN(C(=O)C(=N/N)/C(=C\C)[N+](=O)[O-])CC12C. The third-order valence-electron chi connectivity index (χ3n) is 4.04. The van der Waals surface area contributed by atoms with Crippen molar-refractivity contribution in [1.82, 2.24) is 4.90 Å². The molecule has 0 bridgehead atoms. The highest BCUT2D eigenvalue weighted by Gasteiger charge is 2.58. The van der Waals surface area contributed by atoms with E-state index in [2.05, 4.69) is 11.7 Å². The summed E-state index contributed by atoms with van der Waals surface area (Å²) in [6.07, 6.45) is 1.16. The number of nitrogens with zero attached hydrogens (tertiary/aromatic N) is 3. The standard InChI is InChI=1S/C13H18N4O4/c1-4-9(17(19)20)10(15-14)12(18)16-5-6-21-11-8(2)13(11,3)7-16/h4,11H,2,5-7,14H2,1,3H3/b9-4+,15-10+. The molecule has 8 nitrogen and oxygen atoms in total. The summed E-state index contributed by atoms with van der Waals surface area (Å²) in [5.74, 6) is 4.62. The van der Waals surface area contributed by atoms with Crippen LogP contribution < -0.4 is 5.84 Å². The number of nitrogens with two attached hydrogens (primary N) is 1. The van der Waals surface area contributed by atoms with Crippen LogP contribution in [0.1, 0.15) is 13.8 Å². The van der Waals surface area contributed by atoms with Crippen LogP contribution in [0, 0.1) is 15.5 Å². The third-order valence-corrected chi connectivity index (χ3v) is 4.04. The highest BCUT2D eigenvalue weighted by molar-refractivity contribution is 6.44. The largest absolute Gasteiger partial charge is 0.371 e. The van der Waals surface area contributed by atoms with Gasteiger partial charge >= 0.3 is 0 Å². The Morgan fingerprint density at radius 3 is 2.90 bits per heavy atom. The molecule has 1 saturated carbocycles. The Morgan fingerprint density at radius 2 is 2.38 bits per heavy atom. The van der Waals surface area contributed by atoms with Crippen molar-refractivity contribution in [2.75, 3.05) is 19.7 Å². The number of carbonyl (C=O) groups is 1. The molecule has 1 aliphatic carbocycles. The van der Waals surface area contributed by atoms with Crippen molar-refractivity contribution in [2.45, 2.75) is 20.0 Å². The molecule has 2 aliphatic rings. The van der Waals surface area contributed by atoms with E-state index in [1.54, 1.807) is 0 Å².